The van der Waals surface area contributed by atoms with Gasteiger partial charge in [-0.3, -0.25) is 0 Å². The van der Waals surface area contributed by atoms with E-state index >= 15 is 0 Å². The van der Waals surface area contributed by atoms with E-state index in [0.717, 1.165) is 32.7 Å². The molecule has 1 heterocycles. The molecule has 6 nitrogen and oxygen atoms in total. The van der Waals surface area contributed by atoms with Crippen LogP contribution in [0.5, 0.6) is 23.0 Å². The van der Waals surface area contributed by atoms with Gasteiger partial charge in [-0.05, 0) is 0 Å². The zero-order valence-corrected chi connectivity index (χ0v) is 18.7. The summed E-state index contributed by atoms with van der Waals surface area (Å²) in [5.74, 6) is 2.52. The predicted octanol–water partition coefficient (Wildman–Crippen LogP) is 4.05. The van der Waals surface area contributed by atoms with Crippen molar-refractivity contribution in [3.05, 3.63) is 34.8 Å². The number of rotatable bonds is 7. The molecule has 0 unspecified atom stereocenters. The number of ether oxygens (including phenoxy) is 4. The van der Waals surface area contributed by atoms with Gasteiger partial charge >= 0.3 is 173 Å². The average molecular weight is 498 g/mol. The molecule has 3 rings (SSSR count). The third kappa shape index (κ3) is 3.98. The second kappa shape index (κ2) is 8.78. The van der Waals surface area contributed by atoms with E-state index in [2.05, 4.69) is 23.9 Å². The van der Waals surface area contributed by atoms with Gasteiger partial charge in [-0.15, -0.1) is 0 Å². The topological polar surface area (TPSA) is 62.7 Å². The molecule has 0 saturated heterocycles. The van der Waals surface area contributed by atoms with E-state index in [0.29, 0.717) is 23.9 Å². The van der Waals surface area contributed by atoms with Crippen LogP contribution in [0.1, 0.15) is 6.92 Å². The summed E-state index contributed by atoms with van der Waals surface area (Å²) in [6.07, 6.45) is 0. The first kappa shape index (κ1) is 19.7. The van der Waals surface area contributed by atoms with E-state index in [1.807, 2.05) is 37.3 Å². The van der Waals surface area contributed by atoms with Crippen LogP contribution in [0.2, 0.25) is 0 Å². The Labute approximate surface area is 172 Å². The number of benzene rings is 2. The van der Waals surface area contributed by atoms with Gasteiger partial charge in [-0.2, -0.15) is 0 Å². The fourth-order valence-electron chi connectivity index (χ4n) is 2.71. The number of hydrogen-bond donors (Lipinski definition) is 0. The molecule has 1 aromatic heterocycles. The van der Waals surface area contributed by atoms with Crippen LogP contribution in [-0.2, 0) is 0 Å². The Balaban J connectivity index is 2.09. The number of halogens is 1. The van der Waals surface area contributed by atoms with Crippen molar-refractivity contribution >= 4 is 30.9 Å². The van der Waals surface area contributed by atoms with E-state index in [4.69, 9.17) is 18.9 Å². The second-order valence-electron chi connectivity index (χ2n) is 5.45. The summed E-state index contributed by atoms with van der Waals surface area (Å²) in [6.45, 7) is 2.57. The van der Waals surface area contributed by atoms with Crippen LogP contribution in [0.4, 0.5) is 0 Å². The monoisotopic (exact) mass is 498 g/mol. The molecule has 0 radical (unpaired) electrons. The van der Waals surface area contributed by atoms with E-state index in [1.165, 1.54) is 0 Å². The van der Waals surface area contributed by atoms with Crippen LogP contribution in [0, 0.1) is 0 Å². The van der Waals surface area contributed by atoms with Crippen LogP contribution < -0.4 is 18.9 Å². The molecule has 0 aliphatic heterocycles. The first-order valence-electron chi connectivity index (χ1n) is 8.18. The molecule has 0 aliphatic rings. The molecule has 2 aromatic carbocycles. The zero-order chi connectivity index (χ0) is 19.4. The molecule has 142 valence electrons. The minimum atomic E-state index is -0.198. The predicted molar refractivity (Wildman–Crippen MR) is 108 cm³/mol. The SMILES string of the molecule is CCOc1ccc(-c2n[se]nc2-c2cc(OC)c(OC)c(OC)c2)cc1Br. The Kier molecular flexibility index (Phi) is 6.42. The van der Waals surface area contributed by atoms with Crippen LogP contribution in [0.3, 0.4) is 0 Å². The summed E-state index contributed by atoms with van der Waals surface area (Å²) in [6, 6.07) is 9.70. The summed E-state index contributed by atoms with van der Waals surface area (Å²) >= 11 is 3.37. The van der Waals surface area contributed by atoms with Crippen molar-refractivity contribution in [1.29, 1.82) is 0 Å². The van der Waals surface area contributed by atoms with E-state index in [1.54, 1.807) is 21.3 Å². The van der Waals surface area contributed by atoms with Gasteiger partial charge in [-0.25, -0.2) is 0 Å². The summed E-state index contributed by atoms with van der Waals surface area (Å²) < 4.78 is 32.1. The molecule has 0 saturated carbocycles. The van der Waals surface area contributed by atoms with Gasteiger partial charge in [-0.1, -0.05) is 0 Å². The molecule has 0 atom stereocenters. The van der Waals surface area contributed by atoms with Crippen molar-refractivity contribution in [3.8, 4) is 45.5 Å². The van der Waals surface area contributed by atoms with Gasteiger partial charge in [0.15, 0.2) is 0 Å². The van der Waals surface area contributed by atoms with Crippen LogP contribution in [0.25, 0.3) is 22.5 Å². The quantitative estimate of drug-likeness (QED) is 0.459. The second-order valence-corrected chi connectivity index (χ2v) is 7.42. The van der Waals surface area contributed by atoms with E-state index < -0.39 is 0 Å². The molecule has 0 spiro atoms. The fraction of sp³-hybridized carbons (Fsp3) is 0.263. The fourth-order valence-corrected chi connectivity index (χ4v) is 4.43. The number of nitrogens with zero attached hydrogens (tertiary/aromatic N) is 2. The minimum absolute atomic E-state index is 0.198. The molecule has 0 aliphatic carbocycles. The van der Waals surface area contributed by atoms with E-state index in [9.17, 15) is 0 Å². The number of hydrogen-bond acceptors (Lipinski definition) is 6. The van der Waals surface area contributed by atoms with Crippen molar-refractivity contribution in [1.82, 2.24) is 7.96 Å². The number of methoxy groups -OCH3 is 3. The molecule has 0 N–H and O–H groups in total. The summed E-state index contributed by atoms with van der Waals surface area (Å²) in [5, 5.41) is 0. The third-order valence-corrected chi connectivity index (χ3v) is 5.66. The van der Waals surface area contributed by atoms with Gasteiger partial charge in [0.1, 0.15) is 0 Å². The molecular weight excluding hydrogens is 479 g/mol. The van der Waals surface area contributed by atoms with Gasteiger partial charge in [0.05, 0.1) is 0 Å². The maximum absolute atomic E-state index is 5.59. The molecule has 0 bridgehead atoms. The van der Waals surface area contributed by atoms with Crippen LogP contribution >= 0.6 is 15.9 Å². The standard InChI is InChI=1S/C19H19BrN2O4Se/c1-5-26-14-7-6-11(8-13(14)20)17-18(22-27-21-17)12-9-15(23-2)19(25-4)16(10-12)24-3/h6-10H,5H2,1-4H3. The molecular formula is C19H19BrN2O4Se. The molecule has 0 amide bonds. The van der Waals surface area contributed by atoms with Gasteiger partial charge in [0.2, 0.25) is 0 Å². The van der Waals surface area contributed by atoms with E-state index in [-0.39, 0.29) is 15.0 Å². The van der Waals surface area contributed by atoms with Crippen molar-refractivity contribution in [2.24, 2.45) is 0 Å². The third-order valence-electron chi connectivity index (χ3n) is 3.93. The zero-order valence-electron chi connectivity index (χ0n) is 15.4. The molecule has 0 fully saturated rings. The Bertz CT molecular complexity index is 920. The average Bonchev–Trinajstić information content (AvgIpc) is 3.18. The van der Waals surface area contributed by atoms with Gasteiger partial charge in [0.25, 0.3) is 0 Å². The van der Waals surface area contributed by atoms with Crippen molar-refractivity contribution < 1.29 is 18.9 Å². The van der Waals surface area contributed by atoms with Crippen molar-refractivity contribution in [3.63, 3.8) is 0 Å². The number of aromatic nitrogens is 2. The molecule has 27 heavy (non-hydrogen) atoms. The van der Waals surface area contributed by atoms with Gasteiger partial charge in [0, 0.05) is 0 Å². The first-order chi connectivity index (χ1) is 13.1. The molecule has 8 heteroatoms. The maximum atomic E-state index is 5.59. The van der Waals surface area contributed by atoms with Crippen molar-refractivity contribution in [2.75, 3.05) is 27.9 Å². The Morgan fingerprint density at radius 2 is 1.48 bits per heavy atom. The van der Waals surface area contributed by atoms with Gasteiger partial charge < -0.3 is 0 Å². The molecule has 3 aromatic rings. The van der Waals surface area contributed by atoms with Crippen LogP contribution in [-0.4, -0.2) is 50.9 Å². The summed E-state index contributed by atoms with van der Waals surface area (Å²) in [5.41, 5.74) is 3.49. The normalized spacial score (nSPS) is 10.6. The van der Waals surface area contributed by atoms with Crippen LogP contribution in [0.15, 0.2) is 34.8 Å². The Morgan fingerprint density at radius 3 is 2.00 bits per heavy atom. The van der Waals surface area contributed by atoms with Crippen molar-refractivity contribution in [2.45, 2.75) is 6.92 Å². The summed E-state index contributed by atoms with van der Waals surface area (Å²) in [7, 11) is 4.78. The Morgan fingerprint density at radius 1 is 0.852 bits per heavy atom. The summed E-state index contributed by atoms with van der Waals surface area (Å²) in [4.78, 5) is 0. The first-order valence-corrected chi connectivity index (χ1v) is 10.5. The Hall–Kier alpha value is -2.02.